The molecule has 2 rings (SSSR count). The Morgan fingerprint density at radius 1 is 1.26 bits per heavy atom. The van der Waals surface area contributed by atoms with Crippen molar-refractivity contribution in [2.24, 2.45) is 0 Å². The van der Waals surface area contributed by atoms with Gasteiger partial charge >= 0.3 is 0 Å². The van der Waals surface area contributed by atoms with Crippen molar-refractivity contribution < 1.29 is 0 Å². The summed E-state index contributed by atoms with van der Waals surface area (Å²) in [7, 11) is 0. The number of halogens is 1. The zero-order chi connectivity index (χ0) is 14.0. The summed E-state index contributed by atoms with van der Waals surface area (Å²) >= 11 is 5.12. The van der Waals surface area contributed by atoms with Crippen molar-refractivity contribution in [2.75, 3.05) is 5.84 Å². The zero-order valence-electron chi connectivity index (χ0n) is 11.2. The Bertz CT molecular complexity index is 574. The summed E-state index contributed by atoms with van der Waals surface area (Å²) in [6.45, 7) is 6.22. The first-order valence-electron chi connectivity index (χ1n) is 5.97. The van der Waals surface area contributed by atoms with Gasteiger partial charge in [-0.15, -0.1) is 10.2 Å². The van der Waals surface area contributed by atoms with Crippen molar-refractivity contribution in [3.63, 3.8) is 0 Å². The molecule has 6 heteroatoms. The lowest BCUT2D eigenvalue weighted by atomic mass is 9.96. The van der Waals surface area contributed by atoms with Crippen molar-refractivity contribution in [1.29, 1.82) is 0 Å². The molecule has 0 amide bonds. The summed E-state index contributed by atoms with van der Waals surface area (Å²) in [5.74, 6) is 7.65. The van der Waals surface area contributed by atoms with Crippen LogP contribution in [0.1, 0.15) is 32.2 Å². The minimum absolute atomic E-state index is 0.103. The molecule has 0 aliphatic rings. The van der Waals surface area contributed by atoms with Gasteiger partial charge in [0.05, 0.1) is 0 Å². The Hall–Kier alpha value is -1.01. The lowest BCUT2D eigenvalue weighted by Gasteiger charge is -2.16. The summed E-state index contributed by atoms with van der Waals surface area (Å²) in [6, 6.07) is 8.14. The minimum atomic E-state index is -0.103. The van der Waals surface area contributed by atoms with Crippen LogP contribution in [0.5, 0.6) is 0 Å². The number of nitrogens with zero attached hydrogens (tertiary/aromatic N) is 3. The largest absolute Gasteiger partial charge is 0.336 e. The summed E-state index contributed by atoms with van der Waals surface area (Å²) in [5, 5.41) is 9.08. The van der Waals surface area contributed by atoms with Gasteiger partial charge in [-0.2, -0.15) is 0 Å². The van der Waals surface area contributed by atoms with Crippen LogP contribution in [0.2, 0.25) is 0 Å². The maximum atomic E-state index is 6.05. The van der Waals surface area contributed by atoms with Gasteiger partial charge < -0.3 is 5.84 Å². The smallest absolute Gasteiger partial charge is 0.210 e. The van der Waals surface area contributed by atoms with Crippen LogP contribution in [0.15, 0.2) is 33.9 Å². The normalized spacial score (nSPS) is 11.8. The third kappa shape index (κ3) is 3.30. The number of rotatable bonds is 3. The van der Waals surface area contributed by atoms with Crippen molar-refractivity contribution in [2.45, 2.75) is 37.1 Å². The van der Waals surface area contributed by atoms with Gasteiger partial charge in [-0.05, 0) is 11.6 Å². The van der Waals surface area contributed by atoms with E-state index in [1.54, 1.807) is 16.4 Å². The van der Waals surface area contributed by atoms with Gasteiger partial charge in [0.1, 0.15) is 0 Å². The monoisotopic (exact) mass is 340 g/mol. The Kier molecular flexibility index (Phi) is 4.20. The second kappa shape index (κ2) is 5.54. The second-order valence-corrected chi connectivity index (χ2v) is 7.10. The topological polar surface area (TPSA) is 56.7 Å². The molecule has 0 bridgehead atoms. The maximum Gasteiger partial charge on any atom is 0.210 e. The van der Waals surface area contributed by atoms with Gasteiger partial charge in [-0.25, -0.2) is 4.68 Å². The van der Waals surface area contributed by atoms with Crippen molar-refractivity contribution >= 4 is 27.7 Å². The van der Waals surface area contributed by atoms with E-state index in [0.717, 1.165) is 21.2 Å². The Labute approximate surface area is 125 Å². The number of nitrogens with two attached hydrogens (primary N) is 1. The van der Waals surface area contributed by atoms with E-state index in [2.05, 4.69) is 53.0 Å². The molecule has 0 aliphatic heterocycles. The number of hydrogen-bond donors (Lipinski definition) is 1. The molecule has 0 atom stereocenters. The third-order valence-electron chi connectivity index (χ3n) is 2.65. The minimum Gasteiger partial charge on any atom is -0.336 e. The molecule has 0 saturated heterocycles. The molecule has 0 radical (unpaired) electrons. The van der Waals surface area contributed by atoms with E-state index >= 15 is 0 Å². The van der Waals surface area contributed by atoms with Crippen molar-refractivity contribution in [3.8, 4) is 0 Å². The van der Waals surface area contributed by atoms with Crippen LogP contribution in [0, 0.1) is 0 Å². The maximum absolute atomic E-state index is 6.05. The summed E-state index contributed by atoms with van der Waals surface area (Å²) < 4.78 is 2.68. The highest BCUT2D eigenvalue weighted by atomic mass is 79.9. The van der Waals surface area contributed by atoms with Gasteiger partial charge in [0.2, 0.25) is 5.16 Å². The number of hydrogen-bond acceptors (Lipinski definition) is 4. The summed E-state index contributed by atoms with van der Waals surface area (Å²) in [6.07, 6.45) is 0. The van der Waals surface area contributed by atoms with Gasteiger partial charge in [0, 0.05) is 15.6 Å². The SMILES string of the molecule is CC(C)(C)c1nnc(SCc2ccccc2Br)n1N. The van der Waals surface area contributed by atoms with E-state index in [1.807, 2.05) is 18.2 Å². The molecular formula is C13H17BrN4S. The van der Waals surface area contributed by atoms with Crippen LogP contribution < -0.4 is 5.84 Å². The highest BCUT2D eigenvalue weighted by Gasteiger charge is 2.22. The van der Waals surface area contributed by atoms with Crippen LogP contribution >= 0.6 is 27.7 Å². The van der Waals surface area contributed by atoms with Crippen LogP contribution in [-0.2, 0) is 11.2 Å². The van der Waals surface area contributed by atoms with E-state index < -0.39 is 0 Å². The molecule has 4 nitrogen and oxygen atoms in total. The molecule has 0 saturated carbocycles. The summed E-state index contributed by atoms with van der Waals surface area (Å²) in [5.41, 5.74) is 1.11. The predicted molar refractivity (Wildman–Crippen MR) is 82.6 cm³/mol. The molecule has 0 aliphatic carbocycles. The number of aromatic nitrogens is 3. The fraction of sp³-hybridized carbons (Fsp3) is 0.385. The van der Waals surface area contributed by atoms with Gasteiger partial charge in [-0.3, -0.25) is 0 Å². The fourth-order valence-electron chi connectivity index (χ4n) is 1.64. The second-order valence-electron chi connectivity index (χ2n) is 5.31. The zero-order valence-corrected chi connectivity index (χ0v) is 13.6. The Balaban J connectivity index is 2.13. The van der Waals surface area contributed by atoms with Gasteiger partial charge in [0.15, 0.2) is 5.82 Å². The average molecular weight is 341 g/mol. The molecule has 102 valence electrons. The average Bonchev–Trinajstić information content (AvgIpc) is 2.69. The number of thioether (sulfide) groups is 1. The lowest BCUT2D eigenvalue weighted by molar-refractivity contribution is 0.523. The molecule has 2 N–H and O–H groups in total. The Morgan fingerprint density at radius 2 is 1.95 bits per heavy atom. The molecule has 1 aromatic carbocycles. The molecule has 0 unspecified atom stereocenters. The summed E-state index contributed by atoms with van der Waals surface area (Å²) in [4.78, 5) is 0. The Morgan fingerprint density at radius 3 is 2.53 bits per heavy atom. The van der Waals surface area contributed by atoms with E-state index in [9.17, 15) is 0 Å². The predicted octanol–water partition coefficient (Wildman–Crippen LogP) is 3.34. The first-order valence-corrected chi connectivity index (χ1v) is 7.74. The van der Waals surface area contributed by atoms with E-state index in [0.29, 0.717) is 0 Å². The van der Waals surface area contributed by atoms with Crippen LogP contribution in [0.4, 0.5) is 0 Å². The quantitative estimate of drug-likeness (QED) is 0.687. The van der Waals surface area contributed by atoms with Crippen molar-refractivity contribution in [3.05, 3.63) is 40.1 Å². The molecule has 1 heterocycles. The standard InChI is InChI=1S/C13H17BrN4S/c1-13(2,3)11-16-17-12(18(11)15)19-8-9-6-4-5-7-10(9)14/h4-7H,8,15H2,1-3H3. The molecule has 19 heavy (non-hydrogen) atoms. The molecular weight excluding hydrogens is 324 g/mol. The van der Waals surface area contributed by atoms with E-state index in [-0.39, 0.29) is 5.41 Å². The molecule has 1 aromatic heterocycles. The lowest BCUT2D eigenvalue weighted by Crippen LogP contribution is -2.24. The third-order valence-corrected chi connectivity index (χ3v) is 4.42. The highest BCUT2D eigenvalue weighted by Crippen LogP contribution is 2.27. The van der Waals surface area contributed by atoms with Crippen LogP contribution in [0.3, 0.4) is 0 Å². The fourth-order valence-corrected chi connectivity index (χ4v) is 3.12. The molecule has 2 aromatic rings. The van der Waals surface area contributed by atoms with Gasteiger partial charge in [0.25, 0.3) is 0 Å². The highest BCUT2D eigenvalue weighted by molar-refractivity contribution is 9.10. The van der Waals surface area contributed by atoms with Crippen molar-refractivity contribution in [1.82, 2.24) is 14.9 Å². The first-order chi connectivity index (χ1) is 8.89. The number of nitrogen functional groups attached to an aromatic ring is 1. The number of benzene rings is 1. The molecule has 0 spiro atoms. The van der Waals surface area contributed by atoms with E-state index in [1.165, 1.54) is 5.56 Å². The van der Waals surface area contributed by atoms with Crippen LogP contribution in [-0.4, -0.2) is 14.9 Å². The first kappa shape index (κ1) is 14.4. The van der Waals surface area contributed by atoms with Gasteiger partial charge in [-0.1, -0.05) is 66.7 Å². The molecule has 0 fully saturated rings. The van der Waals surface area contributed by atoms with E-state index in [4.69, 9.17) is 5.84 Å². The van der Waals surface area contributed by atoms with Crippen LogP contribution in [0.25, 0.3) is 0 Å².